The molecular formula is C20H19N3OS. The van der Waals surface area contributed by atoms with E-state index in [0.717, 1.165) is 35.4 Å². The lowest BCUT2D eigenvalue weighted by Crippen LogP contribution is -2.22. The van der Waals surface area contributed by atoms with Crippen LogP contribution in [0.25, 0.3) is 10.2 Å². The zero-order chi connectivity index (χ0) is 17.5. The average molecular weight is 349 g/mol. The van der Waals surface area contributed by atoms with Crippen LogP contribution in [0, 0.1) is 11.3 Å². The molecule has 1 aromatic heterocycles. The molecule has 3 rings (SSSR count). The van der Waals surface area contributed by atoms with Crippen molar-refractivity contribution in [1.29, 1.82) is 5.26 Å². The number of carbonyl (C=O) groups excluding carboxylic acids is 1. The summed E-state index contributed by atoms with van der Waals surface area (Å²) in [6, 6.07) is 17.6. The second-order valence-corrected chi connectivity index (χ2v) is 6.99. The Kier molecular flexibility index (Phi) is 5.76. The van der Waals surface area contributed by atoms with E-state index in [9.17, 15) is 4.79 Å². The van der Waals surface area contributed by atoms with E-state index < -0.39 is 0 Å². The van der Waals surface area contributed by atoms with Crippen LogP contribution < -0.4 is 5.32 Å². The third-order valence-electron chi connectivity index (χ3n) is 3.93. The van der Waals surface area contributed by atoms with Gasteiger partial charge in [-0.1, -0.05) is 24.3 Å². The van der Waals surface area contributed by atoms with Crippen LogP contribution in [-0.2, 0) is 17.8 Å². The highest BCUT2D eigenvalue weighted by Gasteiger charge is 2.05. The fraction of sp³-hybridized carbons (Fsp3) is 0.250. The zero-order valence-corrected chi connectivity index (χ0v) is 14.7. The maximum absolute atomic E-state index is 11.9. The molecule has 0 atom stereocenters. The van der Waals surface area contributed by atoms with E-state index in [1.165, 1.54) is 4.70 Å². The molecule has 0 radical (unpaired) electrons. The number of thiazole rings is 1. The van der Waals surface area contributed by atoms with Gasteiger partial charge in [0, 0.05) is 13.0 Å². The molecule has 1 N–H and O–H groups in total. The van der Waals surface area contributed by atoms with Crippen molar-refractivity contribution in [3.63, 3.8) is 0 Å². The molecule has 0 unspecified atom stereocenters. The summed E-state index contributed by atoms with van der Waals surface area (Å²) in [5.74, 6) is 0.0478. The Morgan fingerprint density at radius 3 is 2.88 bits per heavy atom. The van der Waals surface area contributed by atoms with Gasteiger partial charge >= 0.3 is 0 Å². The second-order valence-electron chi connectivity index (χ2n) is 5.87. The van der Waals surface area contributed by atoms with Crippen molar-refractivity contribution in [2.24, 2.45) is 0 Å². The molecule has 0 spiro atoms. The number of rotatable bonds is 7. The summed E-state index contributed by atoms with van der Waals surface area (Å²) in [6.07, 6.45) is 3.23. The molecule has 0 saturated carbocycles. The number of fused-ring (bicyclic) bond motifs is 1. The predicted octanol–water partition coefficient (Wildman–Crippen LogP) is 4.20. The molecule has 5 heteroatoms. The van der Waals surface area contributed by atoms with Crippen molar-refractivity contribution < 1.29 is 4.79 Å². The monoisotopic (exact) mass is 349 g/mol. The minimum absolute atomic E-state index is 0.0478. The van der Waals surface area contributed by atoms with Gasteiger partial charge in [-0.05, 0) is 49.1 Å². The van der Waals surface area contributed by atoms with Crippen LogP contribution in [0.5, 0.6) is 0 Å². The SMILES string of the molecule is N#Cc1cccc(CNC(=O)CCCCc2nc3ccccc3s2)c1. The van der Waals surface area contributed by atoms with E-state index in [1.54, 1.807) is 23.5 Å². The number of hydrogen-bond donors (Lipinski definition) is 1. The van der Waals surface area contributed by atoms with E-state index >= 15 is 0 Å². The van der Waals surface area contributed by atoms with Gasteiger partial charge < -0.3 is 5.32 Å². The standard InChI is InChI=1S/C20H19N3OS/c21-13-15-6-5-7-16(12-15)14-22-19(24)10-3-4-11-20-23-17-8-1-2-9-18(17)25-20/h1-2,5-9,12H,3-4,10-11,14H2,(H,22,24). The highest BCUT2D eigenvalue weighted by molar-refractivity contribution is 7.18. The first-order chi connectivity index (χ1) is 12.2. The number of benzene rings is 2. The molecule has 1 heterocycles. The number of nitrogens with zero attached hydrogens (tertiary/aromatic N) is 2. The van der Waals surface area contributed by atoms with Crippen molar-refractivity contribution in [2.45, 2.75) is 32.2 Å². The van der Waals surface area contributed by atoms with Gasteiger partial charge in [-0.15, -0.1) is 11.3 Å². The van der Waals surface area contributed by atoms with Gasteiger partial charge in [0.15, 0.2) is 0 Å². The number of nitrogens with one attached hydrogen (secondary N) is 1. The van der Waals surface area contributed by atoms with Crippen molar-refractivity contribution in [2.75, 3.05) is 0 Å². The summed E-state index contributed by atoms with van der Waals surface area (Å²) < 4.78 is 1.22. The Hall–Kier alpha value is -2.71. The molecular weight excluding hydrogens is 330 g/mol. The highest BCUT2D eigenvalue weighted by atomic mass is 32.1. The number of amides is 1. The quantitative estimate of drug-likeness (QED) is 0.650. The molecule has 1 amide bonds. The fourth-order valence-electron chi connectivity index (χ4n) is 2.63. The van der Waals surface area contributed by atoms with Gasteiger partial charge in [-0.3, -0.25) is 4.79 Å². The Morgan fingerprint density at radius 1 is 1.16 bits per heavy atom. The van der Waals surface area contributed by atoms with E-state index in [-0.39, 0.29) is 5.91 Å². The number of aromatic nitrogens is 1. The summed E-state index contributed by atoms with van der Waals surface area (Å²) in [6.45, 7) is 0.465. The number of hydrogen-bond acceptors (Lipinski definition) is 4. The van der Waals surface area contributed by atoms with E-state index in [0.29, 0.717) is 18.5 Å². The fourth-order valence-corrected chi connectivity index (χ4v) is 3.64. The Labute approximate surface area is 151 Å². The minimum Gasteiger partial charge on any atom is -0.352 e. The summed E-state index contributed by atoms with van der Waals surface area (Å²) in [5.41, 5.74) is 2.62. The maximum Gasteiger partial charge on any atom is 0.220 e. The lowest BCUT2D eigenvalue weighted by atomic mass is 10.1. The molecule has 0 saturated heterocycles. The summed E-state index contributed by atoms with van der Waals surface area (Å²) in [5, 5.41) is 12.9. The average Bonchev–Trinajstić information content (AvgIpc) is 3.06. The molecule has 126 valence electrons. The third kappa shape index (κ3) is 4.88. The first-order valence-corrected chi connectivity index (χ1v) is 9.16. The van der Waals surface area contributed by atoms with Gasteiger partial charge in [-0.25, -0.2) is 4.98 Å². The summed E-state index contributed by atoms with van der Waals surface area (Å²) >= 11 is 1.73. The number of carbonyl (C=O) groups is 1. The predicted molar refractivity (Wildman–Crippen MR) is 100 cm³/mol. The zero-order valence-electron chi connectivity index (χ0n) is 13.9. The third-order valence-corrected chi connectivity index (χ3v) is 5.02. The smallest absolute Gasteiger partial charge is 0.220 e. The molecule has 0 aliphatic heterocycles. The second kappa shape index (κ2) is 8.41. The molecule has 25 heavy (non-hydrogen) atoms. The van der Waals surface area contributed by atoms with E-state index in [4.69, 9.17) is 5.26 Å². The van der Waals surface area contributed by atoms with E-state index in [2.05, 4.69) is 22.4 Å². The largest absolute Gasteiger partial charge is 0.352 e. The van der Waals surface area contributed by atoms with Crippen molar-refractivity contribution in [3.8, 4) is 6.07 Å². The van der Waals surface area contributed by atoms with Crippen molar-refractivity contribution in [1.82, 2.24) is 10.3 Å². The lowest BCUT2D eigenvalue weighted by Gasteiger charge is -2.05. The summed E-state index contributed by atoms with van der Waals surface area (Å²) in [7, 11) is 0. The molecule has 0 aliphatic carbocycles. The molecule has 0 aliphatic rings. The summed E-state index contributed by atoms with van der Waals surface area (Å²) in [4.78, 5) is 16.5. The van der Waals surface area contributed by atoms with Gasteiger partial charge in [0.1, 0.15) is 0 Å². The first-order valence-electron chi connectivity index (χ1n) is 8.35. The van der Waals surface area contributed by atoms with Crippen molar-refractivity contribution >= 4 is 27.5 Å². The van der Waals surface area contributed by atoms with Crippen molar-refractivity contribution in [3.05, 3.63) is 64.7 Å². The Balaban J connectivity index is 1.38. The topological polar surface area (TPSA) is 65.8 Å². The van der Waals surface area contributed by atoms with Crippen LogP contribution in [0.2, 0.25) is 0 Å². The number of aryl methyl sites for hydroxylation is 1. The van der Waals surface area contributed by atoms with Crippen LogP contribution >= 0.6 is 11.3 Å². The Bertz CT molecular complexity index is 877. The number of unbranched alkanes of at least 4 members (excludes halogenated alkanes) is 1. The minimum atomic E-state index is 0.0478. The van der Waals surface area contributed by atoms with Crippen LogP contribution in [0.15, 0.2) is 48.5 Å². The Morgan fingerprint density at radius 2 is 2.04 bits per heavy atom. The van der Waals surface area contributed by atoms with Gasteiger partial charge in [-0.2, -0.15) is 5.26 Å². The van der Waals surface area contributed by atoms with Crippen LogP contribution in [0.3, 0.4) is 0 Å². The first kappa shape index (κ1) is 17.1. The van der Waals surface area contributed by atoms with Gasteiger partial charge in [0.05, 0.1) is 26.9 Å². The molecule has 3 aromatic rings. The molecule has 0 bridgehead atoms. The number of para-hydroxylation sites is 1. The molecule has 2 aromatic carbocycles. The number of nitriles is 1. The van der Waals surface area contributed by atoms with Gasteiger partial charge in [0.25, 0.3) is 0 Å². The van der Waals surface area contributed by atoms with Crippen LogP contribution in [0.1, 0.15) is 35.4 Å². The lowest BCUT2D eigenvalue weighted by molar-refractivity contribution is -0.121. The van der Waals surface area contributed by atoms with Gasteiger partial charge in [0.2, 0.25) is 5.91 Å². The van der Waals surface area contributed by atoms with Crippen LogP contribution in [-0.4, -0.2) is 10.9 Å². The van der Waals surface area contributed by atoms with E-state index in [1.807, 2.05) is 30.3 Å². The maximum atomic E-state index is 11.9. The highest BCUT2D eigenvalue weighted by Crippen LogP contribution is 2.22. The normalized spacial score (nSPS) is 10.5. The molecule has 4 nitrogen and oxygen atoms in total. The molecule has 0 fully saturated rings. The van der Waals surface area contributed by atoms with Crippen LogP contribution in [0.4, 0.5) is 0 Å².